The molecule has 0 spiro atoms. The number of anilines is 1. The monoisotopic (exact) mass is 409 g/mol. The highest BCUT2D eigenvalue weighted by Gasteiger charge is 2.26. The van der Waals surface area contributed by atoms with Crippen LogP contribution in [0.5, 0.6) is 0 Å². The van der Waals surface area contributed by atoms with Crippen LogP contribution in [-0.2, 0) is 10.0 Å². The van der Waals surface area contributed by atoms with Crippen molar-refractivity contribution in [3.63, 3.8) is 0 Å². The van der Waals surface area contributed by atoms with Gasteiger partial charge in [0.15, 0.2) is 5.65 Å². The number of aromatic nitrogens is 5. The number of rotatable bonds is 5. The van der Waals surface area contributed by atoms with E-state index in [1.807, 2.05) is 4.90 Å². The van der Waals surface area contributed by atoms with Crippen molar-refractivity contribution in [2.24, 2.45) is 0 Å². The van der Waals surface area contributed by atoms with Gasteiger partial charge in [-0.3, -0.25) is 0 Å². The number of hydrogen-bond acceptors (Lipinski definition) is 7. The minimum atomic E-state index is -3.28. The molecule has 28 heavy (non-hydrogen) atoms. The quantitative estimate of drug-likeness (QED) is 0.676. The van der Waals surface area contributed by atoms with Crippen LogP contribution in [0.25, 0.3) is 17.0 Å². The van der Waals surface area contributed by atoms with E-state index in [-0.39, 0.29) is 11.7 Å². The first-order valence-corrected chi connectivity index (χ1v) is 10.4. The summed E-state index contributed by atoms with van der Waals surface area (Å²) in [4.78, 5) is 14.6. The molecule has 0 saturated carbocycles. The number of nitrogens with one attached hydrogen (secondary N) is 1. The van der Waals surface area contributed by atoms with E-state index in [2.05, 4.69) is 24.8 Å². The fourth-order valence-corrected chi connectivity index (χ4v) is 4.00. The highest BCUT2D eigenvalue weighted by Crippen LogP contribution is 2.25. The number of alkyl halides is 2. The average Bonchev–Trinajstić information content (AvgIpc) is 3.26. The summed E-state index contributed by atoms with van der Waals surface area (Å²) in [5.41, 5.74) is 1.02. The molecule has 3 aromatic rings. The van der Waals surface area contributed by atoms with Gasteiger partial charge in [0.25, 0.3) is 6.43 Å². The van der Waals surface area contributed by atoms with Gasteiger partial charge in [-0.2, -0.15) is 5.10 Å². The van der Waals surface area contributed by atoms with E-state index in [4.69, 9.17) is 0 Å². The molecule has 12 heteroatoms. The van der Waals surface area contributed by atoms with E-state index < -0.39 is 16.4 Å². The van der Waals surface area contributed by atoms with Crippen molar-refractivity contribution in [3.05, 3.63) is 36.4 Å². The number of halogens is 2. The van der Waals surface area contributed by atoms with Gasteiger partial charge >= 0.3 is 0 Å². The lowest BCUT2D eigenvalue weighted by Gasteiger charge is -2.18. The van der Waals surface area contributed by atoms with Crippen LogP contribution in [-0.4, -0.2) is 58.4 Å². The molecule has 148 valence electrons. The Morgan fingerprint density at radius 2 is 2.07 bits per heavy atom. The molecular weight excluding hydrogens is 392 g/mol. The van der Waals surface area contributed by atoms with Crippen molar-refractivity contribution in [2.75, 3.05) is 24.2 Å². The molecule has 0 bridgehead atoms. The SMILES string of the molecule is CS(=O)(=O)NC1CCN(c2cc(-c3cnc4ccc(C(F)F)nn34)ncn2)C1. The summed E-state index contributed by atoms with van der Waals surface area (Å²) in [6, 6.07) is 4.23. The van der Waals surface area contributed by atoms with Crippen LogP contribution >= 0.6 is 0 Å². The predicted octanol–water partition coefficient (Wildman–Crippen LogP) is 1.25. The van der Waals surface area contributed by atoms with Crippen molar-refractivity contribution in [1.82, 2.24) is 29.3 Å². The fourth-order valence-electron chi connectivity index (χ4n) is 3.21. The maximum atomic E-state index is 13.0. The smallest absolute Gasteiger partial charge is 0.282 e. The summed E-state index contributed by atoms with van der Waals surface area (Å²) in [7, 11) is -3.28. The van der Waals surface area contributed by atoms with Crippen molar-refractivity contribution >= 4 is 21.5 Å². The molecule has 1 N–H and O–H groups in total. The van der Waals surface area contributed by atoms with Gasteiger partial charge in [-0.25, -0.2) is 41.4 Å². The van der Waals surface area contributed by atoms with Crippen LogP contribution in [0.1, 0.15) is 18.5 Å². The second-order valence-corrected chi connectivity index (χ2v) is 8.34. The molecule has 1 fully saturated rings. The predicted molar refractivity (Wildman–Crippen MR) is 97.6 cm³/mol. The Balaban J connectivity index is 1.63. The topological polar surface area (TPSA) is 105 Å². The Kier molecular flexibility index (Phi) is 4.67. The molecular formula is C16H17F2N7O2S. The molecule has 9 nitrogen and oxygen atoms in total. The normalized spacial score (nSPS) is 17.7. The van der Waals surface area contributed by atoms with Gasteiger partial charge < -0.3 is 4.90 Å². The molecule has 0 aliphatic carbocycles. The zero-order valence-corrected chi connectivity index (χ0v) is 15.6. The molecule has 0 radical (unpaired) electrons. The third-order valence-electron chi connectivity index (χ3n) is 4.41. The first-order valence-electron chi connectivity index (χ1n) is 8.47. The van der Waals surface area contributed by atoms with Crippen LogP contribution in [0.2, 0.25) is 0 Å². The molecule has 3 aromatic heterocycles. The molecule has 1 unspecified atom stereocenters. The maximum absolute atomic E-state index is 13.0. The molecule has 0 aromatic carbocycles. The zero-order valence-electron chi connectivity index (χ0n) is 14.8. The summed E-state index contributed by atoms with van der Waals surface area (Å²) >= 11 is 0. The lowest BCUT2D eigenvalue weighted by Crippen LogP contribution is -2.36. The van der Waals surface area contributed by atoms with Crippen LogP contribution in [0.15, 0.2) is 30.7 Å². The lowest BCUT2D eigenvalue weighted by atomic mass is 10.3. The minimum Gasteiger partial charge on any atom is -0.355 e. The van der Waals surface area contributed by atoms with Gasteiger partial charge in [-0.1, -0.05) is 0 Å². The van der Waals surface area contributed by atoms with E-state index in [1.165, 1.54) is 29.2 Å². The van der Waals surface area contributed by atoms with Gasteiger partial charge in [0, 0.05) is 25.2 Å². The minimum absolute atomic E-state index is 0.195. The van der Waals surface area contributed by atoms with Gasteiger partial charge in [0.1, 0.15) is 23.5 Å². The van der Waals surface area contributed by atoms with Gasteiger partial charge in [-0.15, -0.1) is 0 Å². The van der Waals surface area contributed by atoms with Crippen molar-refractivity contribution in [3.8, 4) is 11.4 Å². The van der Waals surface area contributed by atoms with E-state index in [0.717, 1.165) is 6.26 Å². The first kappa shape index (κ1) is 18.6. The summed E-state index contributed by atoms with van der Waals surface area (Å²) in [5.74, 6) is 0.614. The first-order chi connectivity index (χ1) is 13.3. The fraction of sp³-hybridized carbons (Fsp3) is 0.375. The molecule has 4 heterocycles. The Morgan fingerprint density at radius 1 is 1.25 bits per heavy atom. The molecule has 0 amide bonds. The Hall–Kier alpha value is -2.73. The van der Waals surface area contributed by atoms with Gasteiger partial charge in [0.2, 0.25) is 10.0 Å². The number of hydrogen-bond donors (Lipinski definition) is 1. The molecule has 1 saturated heterocycles. The highest BCUT2D eigenvalue weighted by molar-refractivity contribution is 7.88. The number of imidazole rings is 1. The van der Waals surface area contributed by atoms with E-state index in [0.29, 0.717) is 42.4 Å². The van der Waals surface area contributed by atoms with Crippen LogP contribution < -0.4 is 9.62 Å². The summed E-state index contributed by atoms with van der Waals surface area (Å²) in [6.07, 6.45) is 1.98. The molecule has 1 aliphatic heterocycles. The third-order valence-corrected chi connectivity index (χ3v) is 5.18. The zero-order chi connectivity index (χ0) is 19.9. The van der Waals surface area contributed by atoms with Crippen LogP contribution in [0.4, 0.5) is 14.6 Å². The van der Waals surface area contributed by atoms with E-state index in [9.17, 15) is 17.2 Å². The van der Waals surface area contributed by atoms with E-state index in [1.54, 1.807) is 6.07 Å². The third kappa shape index (κ3) is 3.78. The van der Waals surface area contributed by atoms with Crippen molar-refractivity contribution < 1.29 is 17.2 Å². The van der Waals surface area contributed by atoms with Crippen molar-refractivity contribution in [1.29, 1.82) is 0 Å². The second-order valence-electron chi connectivity index (χ2n) is 6.56. The second kappa shape index (κ2) is 7.02. The van der Waals surface area contributed by atoms with E-state index >= 15 is 0 Å². The Labute approximate surface area is 159 Å². The lowest BCUT2D eigenvalue weighted by molar-refractivity contribution is 0.144. The Bertz CT molecular complexity index is 1120. The number of sulfonamides is 1. The van der Waals surface area contributed by atoms with Crippen LogP contribution in [0.3, 0.4) is 0 Å². The molecule has 1 aliphatic rings. The standard InChI is InChI=1S/C16H17F2N7O2S/c1-28(26,27)23-10-4-5-24(8-10)15-6-12(20-9-21-15)13-7-19-14-3-2-11(16(17)18)22-25(13)14/h2-3,6-7,9-10,16,23H,4-5,8H2,1H3. The largest absolute Gasteiger partial charge is 0.355 e. The summed E-state index contributed by atoms with van der Waals surface area (Å²) in [5, 5.41) is 3.94. The Morgan fingerprint density at radius 3 is 2.82 bits per heavy atom. The van der Waals surface area contributed by atoms with Crippen LogP contribution in [0, 0.1) is 0 Å². The van der Waals surface area contributed by atoms with Crippen molar-refractivity contribution in [2.45, 2.75) is 18.9 Å². The molecule has 4 rings (SSSR count). The van der Waals surface area contributed by atoms with Gasteiger partial charge in [-0.05, 0) is 18.6 Å². The molecule has 1 atom stereocenters. The summed E-state index contributed by atoms with van der Waals surface area (Å²) < 4.78 is 52.7. The number of fused-ring (bicyclic) bond motifs is 1. The average molecular weight is 409 g/mol. The maximum Gasteiger partial charge on any atom is 0.282 e. The van der Waals surface area contributed by atoms with Gasteiger partial charge in [0.05, 0.1) is 18.1 Å². The summed E-state index contributed by atoms with van der Waals surface area (Å²) in [6.45, 7) is 1.11. The number of nitrogens with zero attached hydrogens (tertiary/aromatic N) is 6. The highest BCUT2D eigenvalue weighted by atomic mass is 32.2.